The summed E-state index contributed by atoms with van der Waals surface area (Å²) in [6, 6.07) is 16.3. The molecule has 0 saturated carbocycles. The highest BCUT2D eigenvalue weighted by Gasteiger charge is 2.28. The Labute approximate surface area is 131 Å². The van der Waals surface area contributed by atoms with Crippen LogP contribution in [0.2, 0.25) is 0 Å². The van der Waals surface area contributed by atoms with Gasteiger partial charge in [0.05, 0.1) is 11.8 Å². The van der Waals surface area contributed by atoms with Crippen molar-refractivity contribution in [3.63, 3.8) is 0 Å². The van der Waals surface area contributed by atoms with Gasteiger partial charge in [-0.05, 0) is 42.0 Å². The van der Waals surface area contributed by atoms with E-state index in [9.17, 15) is 10.1 Å². The van der Waals surface area contributed by atoms with E-state index in [-0.39, 0.29) is 5.91 Å². The van der Waals surface area contributed by atoms with Crippen molar-refractivity contribution in [3.05, 3.63) is 70.2 Å². The molecule has 0 saturated heterocycles. The monoisotopic (exact) mass is 338 g/mol. The zero-order valence-corrected chi connectivity index (χ0v) is 12.6. The molecule has 4 heteroatoms. The molecule has 1 unspecified atom stereocenters. The van der Waals surface area contributed by atoms with Gasteiger partial charge in [-0.2, -0.15) is 5.26 Å². The number of anilines is 1. The van der Waals surface area contributed by atoms with Crippen LogP contribution in [0.4, 0.5) is 5.69 Å². The predicted octanol–water partition coefficient (Wildman–Crippen LogP) is 4.01. The standard InChI is InChI=1S/C17H11BrN2O/c18-14-8-5-13(6-9-14)17(21)20-15(11-19)10-7-12-3-1-2-4-16(12)20/h1-10,15H. The number of para-hydroxylation sites is 1. The van der Waals surface area contributed by atoms with E-state index in [0.717, 1.165) is 15.7 Å². The van der Waals surface area contributed by atoms with Crippen molar-refractivity contribution in [1.29, 1.82) is 5.26 Å². The first-order valence-corrected chi connectivity index (χ1v) is 7.26. The van der Waals surface area contributed by atoms with Crippen LogP contribution in [0, 0.1) is 11.3 Å². The number of amides is 1. The number of fused-ring (bicyclic) bond motifs is 1. The third-order valence-electron chi connectivity index (χ3n) is 3.37. The number of carbonyl (C=O) groups is 1. The summed E-state index contributed by atoms with van der Waals surface area (Å²) in [6.07, 6.45) is 3.63. The summed E-state index contributed by atoms with van der Waals surface area (Å²) >= 11 is 3.35. The number of nitriles is 1. The maximum atomic E-state index is 12.8. The van der Waals surface area contributed by atoms with Crippen LogP contribution in [0.3, 0.4) is 0 Å². The molecule has 1 heterocycles. The molecule has 21 heavy (non-hydrogen) atoms. The van der Waals surface area contributed by atoms with Crippen LogP contribution < -0.4 is 4.90 Å². The molecular weight excluding hydrogens is 328 g/mol. The van der Waals surface area contributed by atoms with Crippen molar-refractivity contribution in [2.24, 2.45) is 0 Å². The lowest BCUT2D eigenvalue weighted by atomic mass is 10.0. The SMILES string of the molecule is N#CC1C=Cc2ccccc2N1C(=O)c1ccc(Br)cc1. The maximum Gasteiger partial charge on any atom is 0.259 e. The molecule has 0 aromatic heterocycles. The minimum Gasteiger partial charge on any atom is -0.288 e. The van der Waals surface area contributed by atoms with E-state index >= 15 is 0 Å². The first-order valence-electron chi connectivity index (χ1n) is 6.46. The second-order valence-electron chi connectivity index (χ2n) is 4.67. The molecule has 1 aliphatic rings. The number of nitrogens with zero attached hydrogens (tertiary/aromatic N) is 2. The van der Waals surface area contributed by atoms with Gasteiger partial charge < -0.3 is 0 Å². The maximum absolute atomic E-state index is 12.8. The highest BCUT2D eigenvalue weighted by molar-refractivity contribution is 9.10. The average Bonchev–Trinajstić information content (AvgIpc) is 2.53. The molecule has 0 radical (unpaired) electrons. The van der Waals surface area contributed by atoms with Crippen LogP contribution in [-0.4, -0.2) is 11.9 Å². The molecule has 102 valence electrons. The molecule has 1 amide bonds. The van der Waals surface area contributed by atoms with Gasteiger partial charge in [0.25, 0.3) is 5.91 Å². The largest absolute Gasteiger partial charge is 0.288 e. The van der Waals surface area contributed by atoms with Gasteiger partial charge in [-0.15, -0.1) is 0 Å². The normalized spacial score (nSPS) is 16.2. The number of hydrogen-bond donors (Lipinski definition) is 0. The van der Waals surface area contributed by atoms with E-state index in [1.165, 1.54) is 0 Å². The molecule has 2 aromatic rings. The molecule has 0 fully saturated rings. The molecule has 1 atom stereocenters. The van der Waals surface area contributed by atoms with Gasteiger partial charge in [0.15, 0.2) is 0 Å². The van der Waals surface area contributed by atoms with Crippen LogP contribution in [0.15, 0.2) is 59.1 Å². The third kappa shape index (κ3) is 2.48. The van der Waals surface area contributed by atoms with E-state index in [4.69, 9.17) is 0 Å². The fraction of sp³-hybridized carbons (Fsp3) is 0.0588. The molecule has 0 spiro atoms. The zero-order valence-electron chi connectivity index (χ0n) is 11.0. The Hall–Kier alpha value is -2.38. The van der Waals surface area contributed by atoms with Gasteiger partial charge in [-0.25, -0.2) is 0 Å². The quantitative estimate of drug-likeness (QED) is 0.788. The van der Waals surface area contributed by atoms with Gasteiger partial charge in [-0.3, -0.25) is 9.69 Å². The first kappa shape index (κ1) is 13.6. The Morgan fingerprint density at radius 3 is 2.57 bits per heavy atom. The second-order valence-corrected chi connectivity index (χ2v) is 5.59. The van der Waals surface area contributed by atoms with E-state index in [1.807, 2.05) is 42.5 Å². The van der Waals surface area contributed by atoms with Gasteiger partial charge in [0, 0.05) is 10.0 Å². The summed E-state index contributed by atoms with van der Waals surface area (Å²) in [4.78, 5) is 14.3. The molecule has 0 N–H and O–H groups in total. The highest BCUT2D eigenvalue weighted by atomic mass is 79.9. The lowest BCUT2D eigenvalue weighted by Gasteiger charge is -2.30. The smallest absolute Gasteiger partial charge is 0.259 e. The Kier molecular flexibility index (Phi) is 3.59. The van der Waals surface area contributed by atoms with Crippen LogP contribution in [-0.2, 0) is 0 Å². The van der Waals surface area contributed by atoms with Crippen molar-refractivity contribution in [1.82, 2.24) is 0 Å². The van der Waals surface area contributed by atoms with Crippen LogP contribution in [0.25, 0.3) is 6.08 Å². The predicted molar refractivity (Wildman–Crippen MR) is 85.8 cm³/mol. The fourth-order valence-corrected chi connectivity index (χ4v) is 2.61. The number of hydrogen-bond acceptors (Lipinski definition) is 2. The Balaban J connectivity index is 2.06. The molecule has 1 aliphatic heterocycles. The fourth-order valence-electron chi connectivity index (χ4n) is 2.35. The summed E-state index contributed by atoms with van der Waals surface area (Å²) in [7, 11) is 0. The van der Waals surface area contributed by atoms with Crippen molar-refractivity contribution < 1.29 is 4.79 Å². The number of carbonyl (C=O) groups excluding carboxylic acids is 1. The van der Waals surface area contributed by atoms with Crippen molar-refractivity contribution >= 4 is 33.6 Å². The van der Waals surface area contributed by atoms with Crippen LogP contribution in [0.5, 0.6) is 0 Å². The molecular formula is C17H11BrN2O. The van der Waals surface area contributed by atoms with Crippen molar-refractivity contribution in [2.75, 3.05) is 4.90 Å². The van der Waals surface area contributed by atoms with Crippen LogP contribution >= 0.6 is 15.9 Å². The lowest BCUT2D eigenvalue weighted by molar-refractivity contribution is 0.0985. The summed E-state index contributed by atoms with van der Waals surface area (Å²) in [6.45, 7) is 0. The summed E-state index contributed by atoms with van der Waals surface area (Å²) < 4.78 is 0.912. The topological polar surface area (TPSA) is 44.1 Å². The Morgan fingerprint density at radius 1 is 1.14 bits per heavy atom. The van der Waals surface area contributed by atoms with Gasteiger partial charge in [0.1, 0.15) is 6.04 Å². The summed E-state index contributed by atoms with van der Waals surface area (Å²) in [5.41, 5.74) is 2.26. The highest BCUT2D eigenvalue weighted by Crippen LogP contribution is 2.30. The van der Waals surface area contributed by atoms with E-state index < -0.39 is 6.04 Å². The lowest BCUT2D eigenvalue weighted by Crippen LogP contribution is -2.40. The van der Waals surface area contributed by atoms with Crippen molar-refractivity contribution in [3.8, 4) is 6.07 Å². The Morgan fingerprint density at radius 2 is 1.86 bits per heavy atom. The molecule has 3 rings (SSSR count). The molecule has 0 bridgehead atoms. The van der Waals surface area contributed by atoms with Crippen molar-refractivity contribution in [2.45, 2.75) is 6.04 Å². The summed E-state index contributed by atoms with van der Waals surface area (Å²) in [5, 5.41) is 9.32. The minimum atomic E-state index is -0.587. The number of rotatable bonds is 1. The molecule has 0 aliphatic carbocycles. The average molecular weight is 339 g/mol. The summed E-state index contributed by atoms with van der Waals surface area (Å²) in [5.74, 6) is -0.175. The van der Waals surface area contributed by atoms with E-state index in [1.54, 1.807) is 23.1 Å². The van der Waals surface area contributed by atoms with E-state index in [0.29, 0.717) is 5.56 Å². The third-order valence-corrected chi connectivity index (χ3v) is 3.90. The zero-order chi connectivity index (χ0) is 14.8. The van der Waals surface area contributed by atoms with Gasteiger partial charge >= 0.3 is 0 Å². The minimum absolute atomic E-state index is 0.175. The first-order chi connectivity index (χ1) is 10.2. The Bertz CT molecular complexity index is 759. The molecule has 3 nitrogen and oxygen atoms in total. The second kappa shape index (κ2) is 5.55. The molecule has 2 aromatic carbocycles. The van der Waals surface area contributed by atoms with Gasteiger partial charge in [0.2, 0.25) is 0 Å². The van der Waals surface area contributed by atoms with Gasteiger partial charge in [-0.1, -0.05) is 40.2 Å². The number of benzene rings is 2. The van der Waals surface area contributed by atoms with E-state index in [2.05, 4.69) is 22.0 Å². The van der Waals surface area contributed by atoms with Crippen LogP contribution in [0.1, 0.15) is 15.9 Å². The number of halogens is 1.